The Hall–Kier alpha value is -0.610. The van der Waals surface area contributed by atoms with Gasteiger partial charge in [0.25, 0.3) is 0 Å². The van der Waals surface area contributed by atoms with E-state index >= 15 is 0 Å². The van der Waals surface area contributed by atoms with Crippen LogP contribution >= 0.6 is 0 Å². The van der Waals surface area contributed by atoms with Crippen molar-refractivity contribution in [2.45, 2.75) is 51.2 Å². The fourth-order valence-electron chi connectivity index (χ4n) is 2.72. The van der Waals surface area contributed by atoms with Gasteiger partial charge in [0.15, 0.2) is 0 Å². The van der Waals surface area contributed by atoms with Gasteiger partial charge in [0.2, 0.25) is 5.91 Å². The second-order valence-corrected chi connectivity index (χ2v) is 5.20. The largest absolute Gasteiger partial charge is 0.377 e. The van der Waals surface area contributed by atoms with Gasteiger partial charge in [-0.05, 0) is 39.0 Å². The highest BCUT2D eigenvalue weighted by atomic mass is 16.5. The lowest BCUT2D eigenvalue weighted by Gasteiger charge is -2.33. The van der Waals surface area contributed by atoms with Gasteiger partial charge in [0.05, 0.1) is 12.6 Å². The summed E-state index contributed by atoms with van der Waals surface area (Å²) in [6.07, 6.45) is 6.17. The van der Waals surface area contributed by atoms with Gasteiger partial charge in [0, 0.05) is 25.7 Å². The molecule has 2 rings (SSSR count). The lowest BCUT2D eigenvalue weighted by molar-refractivity contribution is -0.133. The maximum absolute atomic E-state index is 12.0. The van der Waals surface area contributed by atoms with E-state index in [1.165, 1.54) is 6.42 Å². The van der Waals surface area contributed by atoms with Gasteiger partial charge in [-0.2, -0.15) is 0 Å². The van der Waals surface area contributed by atoms with Crippen LogP contribution < -0.4 is 5.32 Å². The van der Waals surface area contributed by atoms with E-state index in [4.69, 9.17) is 4.74 Å². The number of hydrogen-bond acceptors (Lipinski definition) is 3. The monoisotopic (exact) mass is 240 g/mol. The van der Waals surface area contributed by atoms with Crippen LogP contribution in [-0.2, 0) is 9.53 Å². The quantitative estimate of drug-likeness (QED) is 0.801. The molecule has 17 heavy (non-hydrogen) atoms. The molecular weight excluding hydrogens is 216 g/mol. The Morgan fingerprint density at radius 1 is 1.35 bits per heavy atom. The van der Waals surface area contributed by atoms with E-state index in [1.807, 2.05) is 4.90 Å². The minimum Gasteiger partial charge on any atom is -0.377 e. The first-order valence-electron chi connectivity index (χ1n) is 6.89. The molecule has 0 aromatic heterocycles. The molecule has 0 aromatic rings. The van der Waals surface area contributed by atoms with Gasteiger partial charge in [0.1, 0.15) is 0 Å². The Labute approximate surface area is 104 Å². The zero-order valence-electron chi connectivity index (χ0n) is 10.8. The lowest BCUT2D eigenvalue weighted by Crippen LogP contribution is -2.46. The molecule has 2 saturated heterocycles. The Bertz CT molecular complexity index is 252. The van der Waals surface area contributed by atoms with E-state index < -0.39 is 0 Å². The molecular formula is C13H24N2O2. The van der Waals surface area contributed by atoms with Gasteiger partial charge >= 0.3 is 0 Å². The fourth-order valence-corrected chi connectivity index (χ4v) is 2.72. The van der Waals surface area contributed by atoms with Crippen molar-refractivity contribution in [1.82, 2.24) is 10.2 Å². The second kappa shape index (κ2) is 6.36. The van der Waals surface area contributed by atoms with Crippen LogP contribution in [0.1, 0.15) is 39.0 Å². The predicted molar refractivity (Wildman–Crippen MR) is 66.9 cm³/mol. The Morgan fingerprint density at radius 3 is 2.94 bits per heavy atom. The molecule has 2 aliphatic heterocycles. The molecule has 0 saturated carbocycles. The van der Waals surface area contributed by atoms with Crippen LogP contribution in [-0.4, -0.2) is 49.2 Å². The number of nitrogens with one attached hydrogen (secondary N) is 1. The van der Waals surface area contributed by atoms with E-state index in [2.05, 4.69) is 12.2 Å². The Kier molecular flexibility index (Phi) is 4.80. The van der Waals surface area contributed by atoms with Crippen molar-refractivity contribution in [3.8, 4) is 0 Å². The number of ether oxygens (including phenoxy) is 1. The summed E-state index contributed by atoms with van der Waals surface area (Å²) >= 11 is 0. The van der Waals surface area contributed by atoms with Crippen molar-refractivity contribution in [2.75, 3.05) is 26.2 Å². The number of piperidine rings is 1. The molecule has 0 bridgehead atoms. The zero-order chi connectivity index (χ0) is 12.1. The van der Waals surface area contributed by atoms with Crippen LogP contribution in [0.3, 0.4) is 0 Å². The zero-order valence-corrected chi connectivity index (χ0v) is 10.8. The summed E-state index contributed by atoms with van der Waals surface area (Å²) in [6.45, 7) is 5.24. The summed E-state index contributed by atoms with van der Waals surface area (Å²) in [5.41, 5.74) is 0. The van der Waals surface area contributed by atoms with Crippen LogP contribution in [0.25, 0.3) is 0 Å². The molecule has 0 aromatic carbocycles. The number of amides is 1. The summed E-state index contributed by atoms with van der Waals surface area (Å²) in [5, 5.41) is 3.23. The van der Waals surface area contributed by atoms with E-state index in [0.29, 0.717) is 18.7 Å². The average molecular weight is 240 g/mol. The molecule has 1 amide bonds. The Morgan fingerprint density at radius 2 is 2.24 bits per heavy atom. The maximum Gasteiger partial charge on any atom is 0.236 e. The van der Waals surface area contributed by atoms with Crippen LogP contribution in [0.2, 0.25) is 0 Å². The molecule has 4 nitrogen and oxygen atoms in total. The van der Waals surface area contributed by atoms with Crippen LogP contribution in [0, 0.1) is 0 Å². The van der Waals surface area contributed by atoms with Crippen LogP contribution in [0.5, 0.6) is 0 Å². The van der Waals surface area contributed by atoms with Gasteiger partial charge in [-0.3, -0.25) is 4.79 Å². The third-order valence-electron chi connectivity index (χ3n) is 3.80. The standard InChI is InChI=1S/C13H24N2O2/c1-11-5-2-3-7-15(11)13(16)10-14-9-12-6-4-8-17-12/h11-12,14H,2-10H2,1H3/t11-,12-/m0/s1. The van der Waals surface area contributed by atoms with E-state index in [-0.39, 0.29) is 5.91 Å². The van der Waals surface area contributed by atoms with E-state index in [0.717, 1.165) is 45.4 Å². The molecule has 2 atom stereocenters. The van der Waals surface area contributed by atoms with Gasteiger partial charge in [-0.15, -0.1) is 0 Å². The highest BCUT2D eigenvalue weighted by molar-refractivity contribution is 5.78. The van der Waals surface area contributed by atoms with Crippen molar-refractivity contribution in [1.29, 1.82) is 0 Å². The van der Waals surface area contributed by atoms with Crippen molar-refractivity contribution in [2.24, 2.45) is 0 Å². The highest BCUT2D eigenvalue weighted by Gasteiger charge is 2.23. The predicted octanol–water partition coefficient (Wildman–Crippen LogP) is 1.16. The van der Waals surface area contributed by atoms with Gasteiger partial charge < -0.3 is 15.0 Å². The first-order valence-corrected chi connectivity index (χ1v) is 6.89. The van der Waals surface area contributed by atoms with Crippen molar-refractivity contribution in [3.05, 3.63) is 0 Å². The molecule has 0 radical (unpaired) electrons. The summed E-state index contributed by atoms with van der Waals surface area (Å²) in [7, 11) is 0. The number of likely N-dealkylation sites (tertiary alicyclic amines) is 1. The minimum atomic E-state index is 0.246. The fraction of sp³-hybridized carbons (Fsp3) is 0.923. The van der Waals surface area contributed by atoms with E-state index in [1.54, 1.807) is 0 Å². The average Bonchev–Trinajstić information content (AvgIpc) is 2.82. The maximum atomic E-state index is 12.0. The third-order valence-corrected chi connectivity index (χ3v) is 3.80. The highest BCUT2D eigenvalue weighted by Crippen LogP contribution is 2.16. The summed E-state index contributed by atoms with van der Waals surface area (Å²) in [6, 6.07) is 0.417. The van der Waals surface area contributed by atoms with Crippen molar-refractivity contribution in [3.63, 3.8) is 0 Å². The minimum absolute atomic E-state index is 0.246. The summed E-state index contributed by atoms with van der Waals surface area (Å²) in [4.78, 5) is 14.0. The molecule has 2 aliphatic rings. The first-order chi connectivity index (χ1) is 8.27. The normalized spacial score (nSPS) is 29.6. The van der Waals surface area contributed by atoms with Crippen molar-refractivity contribution >= 4 is 5.91 Å². The number of carbonyl (C=O) groups is 1. The van der Waals surface area contributed by atoms with Gasteiger partial charge in [-0.1, -0.05) is 0 Å². The molecule has 2 fully saturated rings. The SMILES string of the molecule is C[C@H]1CCCCN1C(=O)CNC[C@@H]1CCCO1. The topological polar surface area (TPSA) is 41.6 Å². The molecule has 4 heteroatoms. The van der Waals surface area contributed by atoms with Crippen LogP contribution in [0.15, 0.2) is 0 Å². The molecule has 98 valence electrons. The third kappa shape index (κ3) is 3.68. The number of nitrogens with zero attached hydrogens (tertiary/aromatic N) is 1. The smallest absolute Gasteiger partial charge is 0.236 e. The lowest BCUT2D eigenvalue weighted by atomic mass is 10.0. The molecule has 1 N–H and O–H groups in total. The number of rotatable bonds is 4. The first kappa shape index (κ1) is 12.8. The second-order valence-electron chi connectivity index (χ2n) is 5.20. The van der Waals surface area contributed by atoms with Gasteiger partial charge in [-0.25, -0.2) is 0 Å². The van der Waals surface area contributed by atoms with Crippen LogP contribution in [0.4, 0.5) is 0 Å². The molecule has 2 heterocycles. The van der Waals surface area contributed by atoms with Crippen molar-refractivity contribution < 1.29 is 9.53 Å². The molecule has 0 spiro atoms. The molecule has 0 aliphatic carbocycles. The van der Waals surface area contributed by atoms with E-state index in [9.17, 15) is 4.79 Å². The summed E-state index contributed by atoms with van der Waals surface area (Å²) < 4.78 is 5.51. The Balaban J connectivity index is 1.65. The number of hydrogen-bond donors (Lipinski definition) is 1. The molecule has 0 unspecified atom stereocenters. The number of carbonyl (C=O) groups excluding carboxylic acids is 1. The summed E-state index contributed by atoms with van der Waals surface area (Å²) in [5.74, 6) is 0.246.